The molecule has 0 heterocycles. The smallest absolute Gasteiger partial charge is 0.305 e. The van der Waals surface area contributed by atoms with Crippen molar-refractivity contribution >= 4 is 17.8 Å². The second-order valence-corrected chi connectivity index (χ2v) is 10.7. The highest BCUT2D eigenvalue weighted by Gasteiger charge is 3.12. The summed E-state index contributed by atoms with van der Waals surface area (Å²) < 4.78 is 15.1. The minimum Gasteiger partial charge on any atom is -0.305 e. The molecular formula is C18H13N6O13P. The molecule has 0 aromatic heterocycles. The van der Waals surface area contributed by atoms with Crippen LogP contribution in [0.25, 0.3) is 0 Å². The van der Waals surface area contributed by atoms with Gasteiger partial charge in [-0.1, -0.05) is 60.7 Å². The molecule has 1 aliphatic carbocycles. The molecular weight excluding hydrogens is 539 g/mol. The number of hydrogen-bond acceptors (Lipinski definition) is 13. The van der Waals surface area contributed by atoms with Crippen LogP contribution in [-0.4, -0.2) is 52.2 Å². The van der Waals surface area contributed by atoms with Crippen LogP contribution in [0.4, 0.5) is 0 Å². The summed E-state index contributed by atoms with van der Waals surface area (Å²) in [6.07, 6.45) is -0.226. The first-order valence-corrected chi connectivity index (χ1v) is 11.7. The second kappa shape index (κ2) is 9.04. The number of hydrogen-bond donors (Lipinski definition) is 0. The minimum absolute atomic E-state index is 0.0990. The Bertz CT molecular complexity index is 1380. The van der Waals surface area contributed by atoms with Gasteiger partial charge in [-0.3, -0.25) is 60.7 Å². The monoisotopic (exact) mass is 552 g/mol. The second-order valence-electron chi connectivity index (χ2n) is 7.78. The Labute approximate surface area is 208 Å². The lowest BCUT2D eigenvalue weighted by atomic mass is 9.76. The molecule has 20 heteroatoms. The predicted octanol–water partition coefficient (Wildman–Crippen LogP) is 0.688. The van der Waals surface area contributed by atoms with Crippen LogP contribution < -0.4 is 10.6 Å². The van der Waals surface area contributed by atoms with E-state index in [1.165, 1.54) is 12.1 Å². The van der Waals surface area contributed by atoms with Gasteiger partial charge in [-0.2, -0.15) is 0 Å². The van der Waals surface area contributed by atoms with Gasteiger partial charge in [0.05, 0.1) is 4.92 Å². The van der Waals surface area contributed by atoms with Gasteiger partial charge in [0.2, 0.25) is 7.14 Å². The fourth-order valence-electron chi connectivity index (χ4n) is 4.76. The molecule has 198 valence electrons. The van der Waals surface area contributed by atoms with Gasteiger partial charge in [0.1, 0.15) is 19.7 Å². The van der Waals surface area contributed by atoms with E-state index < -0.39 is 69.9 Å². The summed E-state index contributed by atoms with van der Waals surface area (Å²) in [4.78, 5) is 61.6. The van der Waals surface area contributed by atoms with Gasteiger partial charge in [-0.15, -0.1) is 0 Å². The molecule has 2 unspecified atom stereocenters. The van der Waals surface area contributed by atoms with Crippen molar-refractivity contribution in [2.24, 2.45) is 0 Å². The Kier molecular flexibility index (Phi) is 6.51. The summed E-state index contributed by atoms with van der Waals surface area (Å²) in [5.74, 6) is 0. The third kappa shape index (κ3) is 2.98. The molecule has 1 aliphatic rings. The zero-order valence-corrected chi connectivity index (χ0v) is 19.3. The average Bonchev–Trinajstić information content (AvgIpc) is 2.86. The average molecular weight is 552 g/mol. The van der Waals surface area contributed by atoms with Gasteiger partial charge in [0, 0.05) is 27.7 Å². The maximum atomic E-state index is 15.1. The van der Waals surface area contributed by atoms with Gasteiger partial charge in [-0.05, 0) is 0 Å². The van der Waals surface area contributed by atoms with Crippen LogP contribution >= 0.6 is 7.14 Å². The largest absolute Gasteiger partial charge is 0.682 e. The topological polar surface area (TPSA) is 276 Å². The summed E-state index contributed by atoms with van der Waals surface area (Å²) in [6, 6.07) is 7.36. The molecule has 38 heavy (non-hydrogen) atoms. The van der Waals surface area contributed by atoms with Crippen LogP contribution in [0.2, 0.25) is 0 Å². The molecule has 0 N–H and O–H groups in total. The quantitative estimate of drug-likeness (QED) is 0.136. The molecule has 0 spiro atoms. The Morgan fingerprint density at radius 2 is 1.00 bits per heavy atom. The van der Waals surface area contributed by atoms with Crippen molar-refractivity contribution in [2.75, 3.05) is 0 Å². The van der Waals surface area contributed by atoms with Gasteiger partial charge in [0.15, 0.2) is 0 Å². The van der Waals surface area contributed by atoms with Crippen molar-refractivity contribution in [2.45, 2.75) is 22.6 Å². The molecule has 19 nitrogen and oxygen atoms in total. The summed E-state index contributed by atoms with van der Waals surface area (Å²) in [7, 11) is -5.63. The van der Waals surface area contributed by atoms with E-state index in [4.69, 9.17) is 0 Å². The molecule has 0 saturated heterocycles. The molecule has 0 amide bonds. The van der Waals surface area contributed by atoms with Gasteiger partial charge in [0.25, 0.3) is 0 Å². The van der Waals surface area contributed by atoms with E-state index in [-0.39, 0.29) is 12.2 Å². The Hall–Kier alpha value is -5.19. The fraction of sp³-hybridized carbons (Fsp3) is 0.222. The summed E-state index contributed by atoms with van der Waals surface area (Å²) in [5, 5.41) is 68.6. The Morgan fingerprint density at radius 3 is 1.29 bits per heavy atom. The van der Waals surface area contributed by atoms with Crippen molar-refractivity contribution in [1.82, 2.24) is 0 Å². The molecule has 0 saturated carbocycles. The van der Waals surface area contributed by atoms with Crippen molar-refractivity contribution < 1.29 is 34.1 Å². The van der Waals surface area contributed by atoms with Crippen LogP contribution in [0.5, 0.6) is 0 Å². The lowest BCUT2D eigenvalue weighted by Gasteiger charge is -2.37. The van der Waals surface area contributed by atoms with E-state index in [1.54, 1.807) is 0 Å². The standard InChI is InChI=1S/C18H13N6O13P/c25-19(26)15-11-12-16(20(27)28,18(23(33)34,24(35)36)17(15,21(29)30)22(31)32)38(37,13-7-3-1-4-8-13)14-9-5-2-6-10-14/h1-12,15H. The number of nitro groups is 6. The summed E-state index contributed by atoms with van der Waals surface area (Å²) in [5.41, 5.74) is -10.5. The lowest BCUT2D eigenvalue weighted by molar-refractivity contribution is -0.971. The molecule has 0 aliphatic heterocycles. The van der Waals surface area contributed by atoms with Crippen LogP contribution in [0.3, 0.4) is 0 Å². The zero-order chi connectivity index (χ0) is 28.7. The molecule has 2 aromatic rings. The third-order valence-corrected chi connectivity index (χ3v) is 9.89. The predicted molar refractivity (Wildman–Crippen MR) is 123 cm³/mol. The van der Waals surface area contributed by atoms with Crippen molar-refractivity contribution in [1.29, 1.82) is 0 Å². The highest BCUT2D eigenvalue weighted by Crippen LogP contribution is 2.66. The number of benzene rings is 2. The summed E-state index contributed by atoms with van der Waals surface area (Å²) >= 11 is 0. The first-order chi connectivity index (χ1) is 17.7. The van der Waals surface area contributed by atoms with Crippen molar-refractivity contribution in [3.8, 4) is 0 Å². The van der Waals surface area contributed by atoms with Crippen molar-refractivity contribution in [3.63, 3.8) is 0 Å². The van der Waals surface area contributed by atoms with E-state index in [1.807, 2.05) is 0 Å². The minimum atomic E-state index is -5.63. The van der Waals surface area contributed by atoms with Crippen LogP contribution in [0.15, 0.2) is 72.8 Å². The van der Waals surface area contributed by atoms with Crippen LogP contribution in [0.1, 0.15) is 0 Å². The highest BCUT2D eigenvalue weighted by atomic mass is 31.2. The molecule has 0 bridgehead atoms. The first-order valence-electron chi connectivity index (χ1n) is 9.99. The maximum Gasteiger partial charge on any atom is 0.682 e. The van der Waals surface area contributed by atoms with Crippen LogP contribution in [0, 0.1) is 60.7 Å². The molecule has 2 aromatic carbocycles. The van der Waals surface area contributed by atoms with E-state index >= 15 is 4.57 Å². The zero-order valence-electron chi connectivity index (χ0n) is 18.4. The maximum absolute atomic E-state index is 15.1. The van der Waals surface area contributed by atoms with Gasteiger partial charge >= 0.3 is 22.6 Å². The third-order valence-electron chi connectivity index (χ3n) is 6.26. The molecule has 0 fully saturated rings. The molecule has 3 rings (SSSR count). The van der Waals surface area contributed by atoms with Crippen molar-refractivity contribution in [3.05, 3.63) is 134 Å². The Morgan fingerprint density at radius 1 is 0.605 bits per heavy atom. The SMILES string of the molecule is O=[N+]([O-])C1C=CC([N+](=O)[O-])(P(=O)(c2ccccc2)c2ccccc2)C([N+](=O)[O-])([N+](=O)[O-])C1([N+](=O)[O-])[N+](=O)[O-]. The lowest BCUT2D eigenvalue weighted by Crippen LogP contribution is -2.87. The van der Waals surface area contributed by atoms with E-state index in [0.29, 0.717) is 0 Å². The van der Waals surface area contributed by atoms with E-state index in [2.05, 4.69) is 0 Å². The first kappa shape index (κ1) is 27.4. The normalized spacial score (nSPS) is 21.6. The number of nitrogens with zero attached hydrogens (tertiary/aromatic N) is 6. The number of rotatable bonds is 9. The summed E-state index contributed by atoms with van der Waals surface area (Å²) in [6.45, 7) is 0. The van der Waals surface area contributed by atoms with E-state index in [0.717, 1.165) is 48.5 Å². The molecule has 2 atom stereocenters. The highest BCUT2D eigenvalue weighted by molar-refractivity contribution is 7.80. The fourth-order valence-corrected chi connectivity index (χ4v) is 8.32. The Balaban J connectivity index is 2.84. The van der Waals surface area contributed by atoms with Gasteiger partial charge < -0.3 is 4.57 Å². The van der Waals surface area contributed by atoms with Crippen LogP contribution in [-0.2, 0) is 4.57 Å². The molecule has 0 radical (unpaired) electrons. The van der Waals surface area contributed by atoms with E-state index in [9.17, 15) is 60.7 Å². The van der Waals surface area contributed by atoms with Gasteiger partial charge in [-0.25, -0.2) is 0 Å².